The topological polar surface area (TPSA) is 65.0 Å². The second kappa shape index (κ2) is 5.20. The second-order valence-electron chi connectivity index (χ2n) is 2.76. The summed E-state index contributed by atoms with van der Waals surface area (Å²) < 4.78 is 27.3. The Bertz CT molecular complexity index is 357. The third-order valence-corrected chi connectivity index (χ3v) is 1.80. The molecule has 6 heteroatoms. The van der Waals surface area contributed by atoms with Crippen molar-refractivity contribution in [2.45, 2.75) is 6.36 Å². The van der Waals surface area contributed by atoms with Gasteiger partial charge in [0.25, 0.3) is 0 Å². The largest absolute Gasteiger partial charge is 0.493 e. The smallest absolute Gasteiger partial charge is 0.378 e. The predicted octanol–water partition coefficient (Wildman–Crippen LogP) is 1.46. The highest BCUT2D eigenvalue weighted by molar-refractivity contribution is 5.71. The highest BCUT2D eigenvalue weighted by Gasteiger charge is 2.22. The van der Waals surface area contributed by atoms with E-state index >= 15 is 0 Å². The van der Waals surface area contributed by atoms with E-state index in [1.165, 1.54) is 26.4 Å². The number of ether oxygens (including phenoxy) is 3. The molecule has 88 valence electrons. The van der Waals surface area contributed by atoms with Crippen molar-refractivity contribution in [3.05, 3.63) is 18.2 Å². The van der Waals surface area contributed by atoms with E-state index in [4.69, 9.17) is 14.6 Å². The minimum atomic E-state index is -2.47. The van der Waals surface area contributed by atoms with E-state index in [2.05, 4.69) is 4.74 Å². The number of halogens is 1. The number of methoxy groups -OCH3 is 2. The van der Waals surface area contributed by atoms with Gasteiger partial charge in [-0.25, -0.2) is 4.79 Å². The quantitative estimate of drug-likeness (QED) is 0.829. The Morgan fingerprint density at radius 1 is 1.31 bits per heavy atom. The van der Waals surface area contributed by atoms with Crippen molar-refractivity contribution in [2.24, 2.45) is 0 Å². The van der Waals surface area contributed by atoms with E-state index in [1.807, 2.05) is 0 Å². The molecule has 0 saturated heterocycles. The Morgan fingerprint density at radius 3 is 2.19 bits per heavy atom. The average molecular weight is 230 g/mol. The lowest BCUT2D eigenvalue weighted by Gasteiger charge is -2.14. The third-order valence-electron chi connectivity index (χ3n) is 1.80. The molecule has 0 fully saturated rings. The van der Waals surface area contributed by atoms with Crippen molar-refractivity contribution >= 4 is 5.97 Å². The maximum absolute atomic E-state index is 12.9. The van der Waals surface area contributed by atoms with Gasteiger partial charge >= 0.3 is 12.3 Å². The molecule has 1 unspecified atom stereocenters. The molecule has 0 aliphatic carbocycles. The molecule has 0 saturated carbocycles. The molecule has 0 aromatic heterocycles. The highest BCUT2D eigenvalue weighted by atomic mass is 19.1. The van der Waals surface area contributed by atoms with Crippen molar-refractivity contribution in [3.63, 3.8) is 0 Å². The molecule has 1 aromatic rings. The molecule has 16 heavy (non-hydrogen) atoms. The molecule has 0 amide bonds. The van der Waals surface area contributed by atoms with Crippen LogP contribution in [-0.2, 0) is 4.79 Å². The van der Waals surface area contributed by atoms with Crippen LogP contribution in [0.25, 0.3) is 0 Å². The monoisotopic (exact) mass is 230 g/mol. The van der Waals surface area contributed by atoms with Crippen LogP contribution >= 0.6 is 0 Å². The summed E-state index contributed by atoms with van der Waals surface area (Å²) in [5, 5.41) is 8.39. The first-order chi connectivity index (χ1) is 7.60. The van der Waals surface area contributed by atoms with Gasteiger partial charge in [0, 0.05) is 0 Å². The number of hydrogen-bond donors (Lipinski definition) is 1. The summed E-state index contributed by atoms with van der Waals surface area (Å²) in [6, 6.07) is 4.62. The zero-order chi connectivity index (χ0) is 12.1. The molecule has 1 aromatic carbocycles. The molecule has 1 atom stereocenters. The van der Waals surface area contributed by atoms with E-state index in [9.17, 15) is 9.18 Å². The van der Waals surface area contributed by atoms with Gasteiger partial charge in [0.2, 0.25) is 5.75 Å². The summed E-state index contributed by atoms with van der Waals surface area (Å²) in [5.74, 6) is -1.40. The first kappa shape index (κ1) is 12.1. The molecule has 5 nitrogen and oxygen atoms in total. The summed E-state index contributed by atoms with van der Waals surface area (Å²) in [7, 11) is 2.71. The lowest BCUT2D eigenvalue weighted by molar-refractivity contribution is -0.153. The minimum absolute atomic E-state index is 0.0811. The Hall–Kier alpha value is -1.98. The van der Waals surface area contributed by atoms with Gasteiger partial charge in [-0.1, -0.05) is 6.07 Å². The van der Waals surface area contributed by atoms with Crippen molar-refractivity contribution < 1.29 is 28.5 Å². The van der Waals surface area contributed by atoms with Gasteiger partial charge in [-0.3, -0.25) is 0 Å². The molecular weight excluding hydrogens is 219 g/mol. The molecule has 0 radical (unpaired) electrons. The van der Waals surface area contributed by atoms with Crippen LogP contribution in [0.15, 0.2) is 18.2 Å². The van der Waals surface area contributed by atoms with Crippen LogP contribution in [0.5, 0.6) is 17.2 Å². The lowest BCUT2D eigenvalue weighted by Crippen LogP contribution is -2.21. The van der Waals surface area contributed by atoms with Crippen LogP contribution in [0.2, 0.25) is 0 Å². The Kier molecular flexibility index (Phi) is 3.93. The van der Waals surface area contributed by atoms with Crippen molar-refractivity contribution in [3.8, 4) is 17.2 Å². The lowest BCUT2D eigenvalue weighted by atomic mass is 10.3. The van der Waals surface area contributed by atoms with Crippen molar-refractivity contribution in [2.75, 3.05) is 14.2 Å². The molecule has 0 aliphatic rings. The highest BCUT2D eigenvalue weighted by Crippen LogP contribution is 2.37. The van der Waals surface area contributed by atoms with Gasteiger partial charge in [-0.15, -0.1) is 0 Å². The fourth-order valence-corrected chi connectivity index (χ4v) is 1.09. The summed E-state index contributed by atoms with van der Waals surface area (Å²) >= 11 is 0. The molecule has 0 spiro atoms. The van der Waals surface area contributed by atoms with Gasteiger partial charge in [0.15, 0.2) is 11.5 Å². The first-order valence-corrected chi connectivity index (χ1v) is 4.34. The fourth-order valence-electron chi connectivity index (χ4n) is 1.09. The number of carboxylic acid groups (broad SMARTS) is 1. The van der Waals surface area contributed by atoms with E-state index in [1.54, 1.807) is 6.07 Å². The number of carbonyl (C=O) groups is 1. The minimum Gasteiger partial charge on any atom is -0.493 e. The van der Waals surface area contributed by atoms with Crippen LogP contribution in [-0.4, -0.2) is 31.7 Å². The predicted molar refractivity (Wildman–Crippen MR) is 52.7 cm³/mol. The van der Waals surface area contributed by atoms with Crippen LogP contribution in [0.3, 0.4) is 0 Å². The SMILES string of the molecule is COc1cccc(OC)c1OC(F)C(=O)O. The zero-order valence-corrected chi connectivity index (χ0v) is 8.77. The molecule has 1 N–H and O–H groups in total. The number of para-hydroxylation sites is 1. The van der Waals surface area contributed by atoms with E-state index in [0.717, 1.165) is 0 Å². The van der Waals surface area contributed by atoms with Gasteiger partial charge in [0.1, 0.15) is 0 Å². The maximum Gasteiger partial charge on any atom is 0.378 e. The summed E-state index contributed by atoms with van der Waals surface area (Å²) in [4.78, 5) is 10.3. The van der Waals surface area contributed by atoms with Gasteiger partial charge < -0.3 is 19.3 Å². The average Bonchev–Trinajstić information content (AvgIpc) is 2.29. The first-order valence-electron chi connectivity index (χ1n) is 4.34. The van der Waals surface area contributed by atoms with Gasteiger partial charge in [-0.2, -0.15) is 4.39 Å². The van der Waals surface area contributed by atoms with Crippen LogP contribution in [0, 0.1) is 0 Å². The Morgan fingerprint density at radius 2 is 1.81 bits per heavy atom. The maximum atomic E-state index is 12.9. The molecule has 0 aliphatic heterocycles. The van der Waals surface area contributed by atoms with E-state index < -0.39 is 12.3 Å². The fraction of sp³-hybridized carbons (Fsp3) is 0.300. The normalized spacial score (nSPS) is 11.7. The van der Waals surface area contributed by atoms with Crippen LogP contribution < -0.4 is 14.2 Å². The van der Waals surface area contributed by atoms with E-state index in [0.29, 0.717) is 0 Å². The summed E-state index contributed by atoms with van der Waals surface area (Å²) in [5.41, 5.74) is 0. The molecule has 1 rings (SSSR count). The van der Waals surface area contributed by atoms with Crippen molar-refractivity contribution in [1.82, 2.24) is 0 Å². The molecular formula is C10H11FO5. The molecule has 0 heterocycles. The van der Waals surface area contributed by atoms with E-state index in [-0.39, 0.29) is 17.2 Å². The van der Waals surface area contributed by atoms with Gasteiger partial charge in [0.05, 0.1) is 14.2 Å². The van der Waals surface area contributed by atoms with Crippen molar-refractivity contribution in [1.29, 1.82) is 0 Å². The van der Waals surface area contributed by atoms with Crippen LogP contribution in [0.1, 0.15) is 0 Å². The standard InChI is InChI=1S/C10H11FO5/c1-14-6-4-3-5-7(15-2)8(6)16-9(11)10(12)13/h3-5,9H,1-2H3,(H,12,13). The third kappa shape index (κ3) is 2.53. The van der Waals surface area contributed by atoms with Crippen LogP contribution in [0.4, 0.5) is 4.39 Å². The number of carboxylic acids is 1. The Balaban J connectivity index is 3.04. The Labute approximate surface area is 91.4 Å². The number of alkyl halides is 1. The van der Waals surface area contributed by atoms with Gasteiger partial charge in [-0.05, 0) is 12.1 Å². The number of aliphatic carboxylic acids is 1. The summed E-state index contributed by atoms with van der Waals surface area (Å²) in [6.07, 6.45) is -2.47. The summed E-state index contributed by atoms with van der Waals surface area (Å²) in [6.45, 7) is 0. The number of benzene rings is 1. The number of hydrogen-bond acceptors (Lipinski definition) is 4. The molecule has 0 bridgehead atoms. The number of rotatable bonds is 5. The second-order valence-corrected chi connectivity index (χ2v) is 2.76. The zero-order valence-electron chi connectivity index (χ0n) is 8.77.